The third kappa shape index (κ3) is 17.4. The molecule has 0 nitrogen and oxygen atoms in total. The Morgan fingerprint density at radius 1 is 1.00 bits per heavy atom. The van der Waals surface area contributed by atoms with E-state index in [0.29, 0.717) is 0 Å². The van der Waals surface area contributed by atoms with Gasteiger partial charge >= 0.3 is 26.2 Å². The van der Waals surface area contributed by atoms with E-state index in [4.69, 9.17) is 0 Å². The van der Waals surface area contributed by atoms with Crippen LogP contribution in [0.15, 0.2) is 60.2 Å². The molecule has 0 unspecified atom stereocenters. The third-order valence-electron chi connectivity index (χ3n) is 3.38. The van der Waals surface area contributed by atoms with Crippen LogP contribution in [-0.2, 0) is 26.2 Å². The zero-order chi connectivity index (χ0) is 15.3. The average molecular weight is 488 g/mol. The van der Waals surface area contributed by atoms with Gasteiger partial charge in [-0.3, -0.25) is 6.08 Å². The second kappa shape index (κ2) is 25.0. The minimum absolute atomic E-state index is 0. The van der Waals surface area contributed by atoms with E-state index in [9.17, 15) is 0 Å². The van der Waals surface area contributed by atoms with Gasteiger partial charge in [-0.05, 0) is 0 Å². The van der Waals surface area contributed by atoms with Crippen molar-refractivity contribution in [1.82, 2.24) is 0 Å². The Balaban J connectivity index is -0.0000000797. The summed E-state index contributed by atoms with van der Waals surface area (Å²) in [6, 6.07) is 14.7. The van der Waals surface area contributed by atoms with Crippen LogP contribution >= 0.6 is 24.8 Å². The maximum absolute atomic E-state index is 3.05. The largest absolute Gasteiger partial charge is 3.00 e. The molecule has 143 valence electrons. The predicted octanol–water partition coefficient (Wildman–Crippen LogP) is 7.75. The Kier molecular flexibility index (Phi) is 35.4. The summed E-state index contributed by atoms with van der Waals surface area (Å²) in [7, 11) is 0. The van der Waals surface area contributed by atoms with Gasteiger partial charge in [0, 0.05) is 11.0 Å². The van der Waals surface area contributed by atoms with E-state index in [1.54, 1.807) is 0 Å². The molecule has 0 bridgehead atoms. The first-order valence-corrected chi connectivity index (χ1v) is 8.11. The average Bonchev–Trinajstić information content (AvgIpc) is 3.17. The molecule has 1 aliphatic rings. The minimum atomic E-state index is 0. The fourth-order valence-corrected chi connectivity index (χ4v) is 2.07. The molecule has 2 aromatic carbocycles. The number of allylic oxidation sites excluding steroid dienone is 4. The smallest absolute Gasteiger partial charge is 0.358 e. The summed E-state index contributed by atoms with van der Waals surface area (Å²) >= 11 is 0. The van der Waals surface area contributed by atoms with Gasteiger partial charge in [0.15, 0.2) is 0 Å². The molecule has 0 spiro atoms. The van der Waals surface area contributed by atoms with Gasteiger partial charge in [0.05, 0.1) is 0 Å². The minimum Gasteiger partial charge on any atom is -0.358 e. The Morgan fingerprint density at radius 2 is 1.58 bits per heavy atom. The van der Waals surface area contributed by atoms with Gasteiger partial charge < -0.3 is 7.43 Å². The second-order valence-electron chi connectivity index (χ2n) is 5.36. The molecule has 0 aromatic heterocycles. The van der Waals surface area contributed by atoms with Crippen molar-refractivity contribution in [3.05, 3.63) is 73.7 Å². The van der Waals surface area contributed by atoms with Crippen molar-refractivity contribution in [2.75, 3.05) is 0 Å². The second-order valence-corrected chi connectivity index (χ2v) is 5.36. The van der Waals surface area contributed by atoms with Crippen molar-refractivity contribution >= 4 is 46.6 Å². The van der Waals surface area contributed by atoms with Crippen molar-refractivity contribution in [3.63, 3.8) is 0 Å². The predicted molar refractivity (Wildman–Crippen MR) is 122 cm³/mol. The van der Waals surface area contributed by atoms with Gasteiger partial charge in [-0.15, -0.1) is 67.8 Å². The number of fused-ring (bicyclic) bond motifs is 1. The molecule has 4 heteroatoms. The summed E-state index contributed by atoms with van der Waals surface area (Å²) in [5.41, 5.74) is 1.34. The molecule has 0 atom stereocenters. The monoisotopic (exact) mass is 485 g/mol. The Morgan fingerprint density at radius 3 is 1.96 bits per heavy atom. The van der Waals surface area contributed by atoms with Crippen molar-refractivity contribution in [2.24, 2.45) is 0 Å². The van der Waals surface area contributed by atoms with Crippen molar-refractivity contribution in [1.29, 1.82) is 0 Å². The van der Waals surface area contributed by atoms with E-state index in [2.05, 4.69) is 75.4 Å². The number of unbranched alkanes of at least 4 members (excludes halogenated alkanes) is 3. The van der Waals surface area contributed by atoms with Crippen molar-refractivity contribution in [2.45, 2.75) is 52.9 Å². The fraction of sp³-hybridized carbons (Fsp3) is 0.364. The Bertz CT molecular complexity index is 525. The zero-order valence-corrected chi connectivity index (χ0v) is 21.6. The summed E-state index contributed by atoms with van der Waals surface area (Å²) in [5, 5.41) is 2.66. The van der Waals surface area contributed by atoms with Gasteiger partial charge in [0.1, 0.15) is 0 Å². The van der Waals surface area contributed by atoms with Gasteiger partial charge in [-0.1, -0.05) is 45.6 Å². The first-order chi connectivity index (χ1) is 10.3. The van der Waals surface area contributed by atoms with Gasteiger partial charge in [-0.2, -0.15) is 23.6 Å². The summed E-state index contributed by atoms with van der Waals surface area (Å²) in [4.78, 5) is 0. The third-order valence-corrected chi connectivity index (χ3v) is 3.38. The van der Waals surface area contributed by atoms with Gasteiger partial charge in [0.25, 0.3) is 0 Å². The number of halogens is 2. The van der Waals surface area contributed by atoms with Crippen LogP contribution in [0.4, 0.5) is 0 Å². The molecule has 0 aliphatic heterocycles. The number of hydrogen-bond acceptors (Lipinski definition) is 0. The molecule has 1 aliphatic carbocycles. The van der Waals surface area contributed by atoms with Crippen LogP contribution in [0.25, 0.3) is 10.8 Å². The van der Waals surface area contributed by atoms with Crippen LogP contribution < -0.4 is 0 Å². The fourth-order valence-electron chi connectivity index (χ4n) is 2.07. The molecule has 2 aromatic rings. The van der Waals surface area contributed by atoms with Crippen LogP contribution in [0.3, 0.4) is 0 Å². The first kappa shape index (κ1) is 36.8. The summed E-state index contributed by atoms with van der Waals surface area (Å²) in [6.45, 7) is 6.55. The SMILES string of the molecule is CC1=CC[C-]=C1.CCCCCC.Cl.Cl.[CH3-].[Si].[Zr+3].c1ccc2[cH-]ccc2c1. The molecule has 0 N–H and O–H groups in total. The van der Waals surface area contributed by atoms with Crippen LogP contribution in [-0.4, -0.2) is 11.0 Å². The normalized spacial score (nSPS) is 9.88. The standard InChI is InChI=1S/C9H7.C6H7.C6H14.CH3.2ClH.Si.Zr/c1-2-5-9-7-3-6-8(9)4-1;1-6-4-2-3-5-6;1-3-5-6-4-2;;;;;/h1-7H;4-5H,2H2,1H3;3-6H2,1-2H3;1H3;2*1H;;/q2*-1;;-1;;;;+3. The summed E-state index contributed by atoms with van der Waals surface area (Å²) < 4.78 is 0. The number of rotatable bonds is 3. The molecule has 3 rings (SSSR count). The van der Waals surface area contributed by atoms with E-state index >= 15 is 0 Å². The summed E-state index contributed by atoms with van der Waals surface area (Å²) in [6.07, 6.45) is 13.8. The Labute approximate surface area is 198 Å². The van der Waals surface area contributed by atoms with Crippen LogP contribution in [0, 0.1) is 13.5 Å². The molecule has 0 saturated carbocycles. The summed E-state index contributed by atoms with van der Waals surface area (Å²) in [5.74, 6) is 0. The van der Waals surface area contributed by atoms with Crippen LogP contribution in [0.2, 0.25) is 0 Å². The maximum atomic E-state index is 3.05. The Hall–Kier alpha value is -0.0100. The quantitative estimate of drug-likeness (QED) is 0.236. The van der Waals surface area contributed by atoms with E-state index in [0.717, 1.165) is 6.42 Å². The van der Waals surface area contributed by atoms with E-state index in [1.165, 1.54) is 42.0 Å². The molecule has 0 saturated heterocycles. The molecular formula is C22H33Cl2SiZr. The van der Waals surface area contributed by atoms with Gasteiger partial charge in [-0.25, -0.2) is 11.6 Å². The molecule has 5 radical (unpaired) electrons. The topological polar surface area (TPSA) is 0 Å². The van der Waals surface area contributed by atoms with Crippen LogP contribution in [0.5, 0.6) is 0 Å². The molecule has 0 fully saturated rings. The first-order valence-electron chi connectivity index (χ1n) is 8.11. The van der Waals surface area contributed by atoms with Crippen LogP contribution in [0.1, 0.15) is 52.9 Å². The van der Waals surface area contributed by atoms with Crippen molar-refractivity contribution < 1.29 is 26.2 Å². The zero-order valence-electron chi connectivity index (χ0n) is 16.5. The van der Waals surface area contributed by atoms with Gasteiger partial charge in [0.2, 0.25) is 0 Å². The molecular weight excluding hydrogens is 454 g/mol. The molecule has 0 amide bonds. The number of hydrogen-bond donors (Lipinski definition) is 0. The van der Waals surface area contributed by atoms with E-state index in [1.807, 2.05) is 6.08 Å². The van der Waals surface area contributed by atoms with Crippen molar-refractivity contribution in [3.8, 4) is 0 Å². The van der Waals surface area contributed by atoms with E-state index in [-0.39, 0.29) is 69.4 Å². The molecule has 0 heterocycles. The maximum Gasteiger partial charge on any atom is 3.00 e. The number of benzene rings is 1. The molecule has 26 heavy (non-hydrogen) atoms. The van der Waals surface area contributed by atoms with E-state index < -0.39 is 0 Å².